The summed E-state index contributed by atoms with van der Waals surface area (Å²) >= 11 is 0. The van der Waals surface area contributed by atoms with Crippen LogP contribution in [0.15, 0.2) is 18.3 Å². The Morgan fingerprint density at radius 1 is 1.42 bits per heavy atom. The lowest BCUT2D eigenvalue weighted by molar-refractivity contribution is 0.0692. The molecule has 2 aromatic rings. The van der Waals surface area contributed by atoms with Crippen molar-refractivity contribution in [3.63, 3.8) is 0 Å². The summed E-state index contributed by atoms with van der Waals surface area (Å²) in [6.07, 6.45) is 1.48. The molecule has 2 N–H and O–H groups in total. The van der Waals surface area contributed by atoms with Gasteiger partial charge in [0.2, 0.25) is 0 Å². The van der Waals surface area contributed by atoms with Gasteiger partial charge in [-0.3, -0.25) is 4.68 Å². The first-order valence-corrected chi connectivity index (χ1v) is 5.29. The summed E-state index contributed by atoms with van der Waals surface area (Å²) in [7, 11) is 1.66. The molecule has 0 radical (unpaired) electrons. The van der Waals surface area contributed by atoms with Gasteiger partial charge >= 0.3 is 5.97 Å². The Labute approximate surface area is 106 Å². The van der Waals surface area contributed by atoms with E-state index in [1.807, 2.05) is 0 Å². The van der Waals surface area contributed by atoms with Crippen molar-refractivity contribution in [2.24, 2.45) is 7.05 Å². The third kappa shape index (κ3) is 2.67. The maximum Gasteiger partial charge on any atom is 0.338 e. The molecule has 0 amide bonds. The number of rotatable bonds is 4. The van der Waals surface area contributed by atoms with Gasteiger partial charge in [0.05, 0.1) is 29.7 Å². The monoisotopic (exact) mass is 268 g/mol. The van der Waals surface area contributed by atoms with Crippen molar-refractivity contribution in [3.05, 3.63) is 41.2 Å². The van der Waals surface area contributed by atoms with Crippen molar-refractivity contribution in [2.45, 2.75) is 6.54 Å². The summed E-state index contributed by atoms with van der Waals surface area (Å²) in [4.78, 5) is 10.8. The van der Waals surface area contributed by atoms with E-state index in [-0.39, 0.29) is 12.2 Å². The summed E-state index contributed by atoms with van der Waals surface area (Å²) in [5, 5.41) is 18.8. The van der Waals surface area contributed by atoms with Gasteiger partial charge in [0, 0.05) is 13.1 Å². The maximum absolute atomic E-state index is 13.5. The van der Waals surface area contributed by atoms with Crippen molar-refractivity contribution in [1.29, 1.82) is 0 Å². The normalized spacial score (nSPS) is 10.5. The van der Waals surface area contributed by atoms with Crippen molar-refractivity contribution in [2.75, 3.05) is 5.32 Å². The highest BCUT2D eigenvalue weighted by Gasteiger charge is 2.15. The van der Waals surface area contributed by atoms with Gasteiger partial charge in [-0.25, -0.2) is 13.6 Å². The highest BCUT2D eigenvalue weighted by atomic mass is 19.1. The van der Waals surface area contributed by atoms with Crippen LogP contribution in [0, 0.1) is 11.6 Å². The van der Waals surface area contributed by atoms with Crippen LogP contribution in [0.25, 0.3) is 0 Å². The SMILES string of the molecule is Cn1nncc1CNc1cc(C(=O)O)c(F)cc1F. The second-order valence-electron chi connectivity index (χ2n) is 3.82. The predicted octanol–water partition coefficient (Wildman–Crippen LogP) is 1.40. The van der Waals surface area contributed by atoms with Crippen molar-refractivity contribution in [1.82, 2.24) is 15.0 Å². The molecular weight excluding hydrogens is 258 g/mol. The average Bonchev–Trinajstić information content (AvgIpc) is 2.73. The molecule has 2 rings (SSSR count). The number of aromatic nitrogens is 3. The standard InChI is InChI=1S/C11H10F2N4O2/c1-17-6(5-15-16-17)4-14-10-2-7(11(18)19)8(12)3-9(10)13/h2-3,5,14H,4H2,1H3,(H,18,19). The molecule has 0 atom stereocenters. The van der Waals surface area contributed by atoms with E-state index in [2.05, 4.69) is 15.6 Å². The minimum absolute atomic E-state index is 0.0972. The first-order valence-electron chi connectivity index (χ1n) is 5.29. The highest BCUT2D eigenvalue weighted by Crippen LogP contribution is 2.20. The number of hydrogen-bond donors (Lipinski definition) is 2. The summed E-state index contributed by atoms with van der Waals surface area (Å²) in [6, 6.07) is 1.45. The average molecular weight is 268 g/mol. The molecule has 8 heteroatoms. The van der Waals surface area contributed by atoms with Gasteiger partial charge in [-0.15, -0.1) is 5.10 Å². The molecule has 0 unspecified atom stereocenters. The van der Waals surface area contributed by atoms with Crippen LogP contribution in [-0.2, 0) is 13.6 Å². The quantitative estimate of drug-likeness (QED) is 0.876. The number of nitrogens with zero attached hydrogens (tertiary/aromatic N) is 3. The smallest absolute Gasteiger partial charge is 0.338 e. The van der Waals surface area contributed by atoms with Gasteiger partial charge < -0.3 is 10.4 Å². The van der Waals surface area contributed by atoms with Crippen LogP contribution in [0.4, 0.5) is 14.5 Å². The predicted molar refractivity (Wildman–Crippen MR) is 61.6 cm³/mol. The molecule has 0 bridgehead atoms. The van der Waals surface area contributed by atoms with Gasteiger partial charge in [-0.05, 0) is 6.07 Å². The molecule has 19 heavy (non-hydrogen) atoms. The molecule has 1 aromatic heterocycles. The zero-order valence-corrected chi connectivity index (χ0v) is 9.89. The van der Waals surface area contributed by atoms with Crippen LogP contribution >= 0.6 is 0 Å². The molecule has 0 aliphatic carbocycles. The number of aromatic carboxylic acids is 1. The number of nitrogens with one attached hydrogen (secondary N) is 1. The van der Waals surface area contributed by atoms with Crippen molar-refractivity contribution in [3.8, 4) is 0 Å². The third-order valence-corrected chi connectivity index (χ3v) is 2.56. The second kappa shape index (κ2) is 5.01. The first-order chi connectivity index (χ1) is 8.99. The number of anilines is 1. The van der Waals surface area contributed by atoms with Gasteiger partial charge in [0.15, 0.2) is 0 Å². The van der Waals surface area contributed by atoms with Crippen LogP contribution in [0.1, 0.15) is 16.1 Å². The van der Waals surface area contributed by atoms with Crippen molar-refractivity contribution < 1.29 is 18.7 Å². The summed E-state index contributed by atoms with van der Waals surface area (Å²) in [5.41, 5.74) is -0.0207. The molecule has 0 saturated carbocycles. The number of benzene rings is 1. The zero-order valence-electron chi connectivity index (χ0n) is 9.89. The number of aryl methyl sites for hydroxylation is 1. The third-order valence-electron chi connectivity index (χ3n) is 2.56. The van der Waals surface area contributed by atoms with Gasteiger partial charge in [-0.2, -0.15) is 0 Å². The number of halogens is 2. The Bertz CT molecular complexity index is 627. The molecule has 0 aliphatic rings. The van der Waals surface area contributed by atoms with E-state index in [4.69, 9.17) is 5.11 Å². The van der Waals surface area contributed by atoms with E-state index < -0.39 is 23.2 Å². The van der Waals surface area contributed by atoms with Gasteiger partial charge in [0.25, 0.3) is 0 Å². The van der Waals surface area contributed by atoms with E-state index in [0.717, 1.165) is 6.07 Å². The van der Waals surface area contributed by atoms with Gasteiger partial charge in [-0.1, -0.05) is 5.21 Å². The van der Waals surface area contributed by atoms with Crippen LogP contribution in [-0.4, -0.2) is 26.1 Å². The van der Waals surface area contributed by atoms with Crippen LogP contribution in [0.2, 0.25) is 0 Å². The van der Waals surface area contributed by atoms with Gasteiger partial charge in [0.1, 0.15) is 11.6 Å². The zero-order chi connectivity index (χ0) is 14.0. The van der Waals surface area contributed by atoms with E-state index in [0.29, 0.717) is 11.8 Å². The topological polar surface area (TPSA) is 80.0 Å². The lowest BCUT2D eigenvalue weighted by atomic mass is 10.1. The Morgan fingerprint density at radius 3 is 2.74 bits per heavy atom. The Hall–Kier alpha value is -2.51. The molecule has 0 spiro atoms. The highest BCUT2D eigenvalue weighted by molar-refractivity contribution is 5.89. The minimum atomic E-state index is -1.46. The number of hydrogen-bond acceptors (Lipinski definition) is 4. The maximum atomic E-state index is 13.5. The molecular formula is C11H10F2N4O2. The number of carboxylic acids is 1. The second-order valence-corrected chi connectivity index (χ2v) is 3.82. The fourth-order valence-corrected chi connectivity index (χ4v) is 1.51. The summed E-state index contributed by atoms with van der Waals surface area (Å²) in [5.74, 6) is -3.43. The van der Waals surface area contributed by atoms with Crippen LogP contribution in [0.5, 0.6) is 0 Å². The van der Waals surface area contributed by atoms with Crippen LogP contribution < -0.4 is 5.32 Å². The molecule has 0 aliphatic heterocycles. The Balaban J connectivity index is 2.23. The molecule has 0 fully saturated rings. The summed E-state index contributed by atoms with van der Waals surface area (Å²) in [6.45, 7) is 0.186. The fraction of sp³-hybridized carbons (Fsp3) is 0.182. The van der Waals surface area contributed by atoms with E-state index in [1.54, 1.807) is 7.05 Å². The van der Waals surface area contributed by atoms with Crippen molar-refractivity contribution >= 4 is 11.7 Å². The lowest BCUT2D eigenvalue weighted by Crippen LogP contribution is -2.09. The minimum Gasteiger partial charge on any atom is -0.478 e. The fourth-order valence-electron chi connectivity index (χ4n) is 1.51. The molecule has 1 aromatic carbocycles. The largest absolute Gasteiger partial charge is 0.478 e. The Kier molecular flexibility index (Phi) is 3.41. The molecule has 6 nitrogen and oxygen atoms in total. The van der Waals surface area contributed by atoms with Crippen LogP contribution in [0.3, 0.4) is 0 Å². The van der Waals surface area contributed by atoms with E-state index in [1.165, 1.54) is 10.9 Å². The number of carboxylic acid groups (broad SMARTS) is 1. The number of carbonyl (C=O) groups is 1. The van der Waals surface area contributed by atoms with E-state index >= 15 is 0 Å². The molecule has 100 valence electrons. The molecule has 1 heterocycles. The van der Waals surface area contributed by atoms with E-state index in [9.17, 15) is 13.6 Å². The first kappa shape index (κ1) is 12.9. The lowest BCUT2D eigenvalue weighted by Gasteiger charge is -2.09. The summed E-state index contributed by atoms with van der Waals surface area (Å²) < 4.78 is 28.2. The molecule has 0 saturated heterocycles. The Morgan fingerprint density at radius 2 is 2.16 bits per heavy atom.